The van der Waals surface area contributed by atoms with Gasteiger partial charge in [0.1, 0.15) is 5.76 Å². The number of fused-ring (bicyclic) bond motifs is 1. The quantitative estimate of drug-likeness (QED) is 0.731. The third-order valence-corrected chi connectivity index (χ3v) is 3.27. The largest absolute Gasteiger partial charge is 0.493 e. The van der Waals surface area contributed by atoms with Gasteiger partial charge in [0, 0.05) is 16.6 Å². The van der Waals surface area contributed by atoms with E-state index in [-0.39, 0.29) is 0 Å². The van der Waals surface area contributed by atoms with Crippen molar-refractivity contribution in [1.82, 2.24) is 0 Å². The Morgan fingerprint density at radius 1 is 1.19 bits per heavy atom. The Kier molecular flexibility index (Phi) is 3.53. The van der Waals surface area contributed by atoms with Crippen LogP contribution in [-0.2, 0) is 6.54 Å². The molecule has 0 aliphatic carbocycles. The smallest absolute Gasteiger partial charge is 0.176 e. The summed E-state index contributed by atoms with van der Waals surface area (Å²) in [4.78, 5) is 0. The van der Waals surface area contributed by atoms with Crippen LogP contribution in [0.15, 0.2) is 52.9 Å². The van der Waals surface area contributed by atoms with Gasteiger partial charge in [-0.3, -0.25) is 0 Å². The molecule has 1 N–H and O–H groups in total. The summed E-state index contributed by atoms with van der Waals surface area (Å²) >= 11 is 0. The Morgan fingerprint density at radius 3 is 2.86 bits per heavy atom. The fourth-order valence-electron chi connectivity index (χ4n) is 2.25. The standard InChI is InChI=1S/C18H15NO2/c1-3-13-6-4-8-15(10-13)19-12-16-11-14-7-5-9-17(20-2)18(14)21-16/h1,4-11,19H,12H2,2H3. The molecule has 3 aromatic rings. The van der Waals surface area contributed by atoms with E-state index in [1.165, 1.54) is 0 Å². The lowest BCUT2D eigenvalue weighted by molar-refractivity contribution is 0.408. The van der Waals surface area contributed by atoms with Gasteiger partial charge in [0.15, 0.2) is 11.3 Å². The topological polar surface area (TPSA) is 34.4 Å². The summed E-state index contributed by atoms with van der Waals surface area (Å²) in [7, 11) is 1.64. The highest BCUT2D eigenvalue weighted by molar-refractivity contribution is 5.83. The number of para-hydroxylation sites is 1. The predicted molar refractivity (Wildman–Crippen MR) is 84.5 cm³/mol. The van der Waals surface area contributed by atoms with Crippen LogP contribution in [-0.4, -0.2) is 7.11 Å². The molecule has 1 heterocycles. The van der Waals surface area contributed by atoms with E-state index in [1.54, 1.807) is 7.11 Å². The molecule has 0 aliphatic heterocycles. The van der Waals surface area contributed by atoms with Crippen molar-refractivity contribution in [2.75, 3.05) is 12.4 Å². The van der Waals surface area contributed by atoms with E-state index in [1.807, 2.05) is 48.5 Å². The molecule has 3 rings (SSSR count). The van der Waals surface area contributed by atoms with Crippen molar-refractivity contribution in [3.63, 3.8) is 0 Å². The lowest BCUT2D eigenvalue weighted by Crippen LogP contribution is -1.97. The molecule has 0 fully saturated rings. The predicted octanol–water partition coefficient (Wildman–Crippen LogP) is 4.03. The second-order valence-electron chi connectivity index (χ2n) is 4.67. The zero-order chi connectivity index (χ0) is 14.7. The van der Waals surface area contributed by atoms with Gasteiger partial charge in [0.2, 0.25) is 0 Å². The van der Waals surface area contributed by atoms with Crippen LogP contribution in [0.2, 0.25) is 0 Å². The second-order valence-corrected chi connectivity index (χ2v) is 4.67. The van der Waals surface area contributed by atoms with E-state index in [9.17, 15) is 0 Å². The van der Waals surface area contributed by atoms with Crippen LogP contribution in [0.4, 0.5) is 5.69 Å². The summed E-state index contributed by atoms with van der Waals surface area (Å²) in [6.07, 6.45) is 5.40. The molecular weight excluding hydrogens is 262 g/mol. The number of rotatable bonds is 4. The number of methoxy groups -OCH3 is 1. The van der Waals surface area contributed by atoms with Crippen LogP contribution in [0.1, 0.15) is 11.3 Å². The zero-order valence-corrected chi connectivity index (χ0v) is 11.7. The van der Waals surface area contributed by atoms with Crippen molar-refractivity contribution in [2.24, 2.45) is 0 Å². The number of anilines is 1. The molecule has 0 bridgehead atoms. The highest BCUT2D eigenvalue weighted by Crippen LogP contribution is 2.28. The third kappa shape index (κ3) is 2.70. The number of hydrogen-bond acceptors (Lipinski definition) is 3. The summed E-state index contributed by atoms with van der Waals surface area (Å²) in [5, 5.41) is 4.34. The minimum absolute atomic E-state index is 0.589. The summed E-state index contributed by atoms with van der Waals surface area (Å²) in [5.41, 5.74) is 2.60. The van der Waals surface area contributed by atoms with Crippen molar-refractivity contribution in [2.45, 2.75) is 6.54 Å². The summed E-state index contributed by atoms with van der Waals surface area (Å²) in [6, 6.07) is 15.6. The molecule has 0 unspecified atom stereocenters. The fraction of sp³-hybridized carbons (Fsp3) is 0.111. The van der Waals surface area contributed by atoms with Crippen molar-refractivity contribution in [3.05, 3.63) is 59.9 Å². The monoisotopic (exact) mass is 277 g/mol. The number of nitrogens with one attached hydrogen (secondary N) is 1. The van der Waals surface area contributed by atoms with Crippen molar-refractivity contribution in [3.8, 4) is 18.1 Å². The van der Waals surface area contributed by atoms with E-state index in [2.05, 4.69) is 11.2 Å². The van der Waals surface area contributed by atoms with Crippen LogP contribution in [0.25, 0.3) is 11.0 Å². The van der Waals surface area contributed by atoms with Gasteiger partial charge in [0.25, 0.3) is 0 Å². The maximum Gasteiger partial charge on any atom is 0.176 e. The molecular formula is C18H15NO2. The highest BCUT2D eigenvalue weighted by Gasteiger charge is 2.08. The van der Waals surface area contributed by atoms with E-state index < -0.39 is 0 Å². The van der Waals surface area contributed by atoms with Crippen molar-refractivity contribution in [1.29, 1.82) is 0 Å². The minimum Gasteiger partial charge on any atom is -0.493 e. The van der Waals surface area contributed by atoms with Gasteiger partial charge < -0.3 is 14.5 Å². The maximum atomic E-state index is 5.84. The van der Waals surface area contributed by atoms with E-state index in [0.29, 0.717) is 6.54 Å². The summed E-state index contributed by atoms with van der Waals surface area (Å²) in [6.45, 7) is 0.589. The van der Waals surface area contributed by atoms with Crippen LogP contribution in [0, 0.1) is 12.3 Å². The van der Waals surface area contributed by atoms with E-state index >= 15 is 0 Å². The summed E-state index contributed by atoms with van der Waals surface area (Å²) < 4.78 is 11.1. The van der Waals surface area contributed by atoms with Gasteiger partial charge in [0.05, 0.1) is 13.7 Å². The Balaban J connectivity index is 1.80. The fourth-order valence-corrected chi connectivity index (χ4v) is 2.25. The van der Waals surface area contributed by atoms with Gasteiger partial charge in [-0.25, -0.2) is 0 Å². The molecule has 21 heavy (non-hydrogen) atoms. The lowest BCUT2D eigenvalue weighted by atomic mass is 10.2. The molecule has 0 radical (unpaired) electrons. The van der Waals surface area contributed by atoms with E-state index in [0.717, 1.165) is 33.7 Å². The first kappa shape index (κ1) is 13.1. The molecule has 0 saturated heterocycles. The van der Waals surface area contributed by atoms with Crippen LogP contribution in [0.3, 0.4) is 0 Å². The highest BCUT2D eigenvalue weighted by atomic mass is 16.5. The Labute approximate surface area is 123 Å². The number of terminal acetylenes is 1. The zero-order valence-electron chi connectivity index (χ0n) is 11.7. The maximum absolute atomic E-state index is 5.84. The van der Waals surface area contributed by atoms with Gasteiger partial charge in [-0.05, 0) is 30.3 Å². The normalized spacial score (nSPS) is 10.3. The molecule has 0 saturated carbocycles. The van der Waals surface area contributed by atoms with Gasteiger partial charge in [-0.1, -0.05) is 24.1 Å². The van der Waals surface area contributed by atoms with Crippen molar-refractivity contribution < 1.29 is 9.15 Å². The Hall–Kier alpha value is -2.86. The first-order valence-corrected chi connectivity index (χ1v) is 6.66. The van der Waals surface area contributed by atoms with Gasteiger partial charge in [-0.15, -0.1) is 6.42 Å². The molecule has 0 amide bonds. The first-order chi connectivity index (χ1) is 10.3. The third-order valence-electron chi connectivity index (χ3n) is 3.27. The lowest BCUT2D eigenvalue weighted by Gasteiger charge is -2.04. The number of benzene rings is 2. The molecule has 2 aromatic carbocycles. The molecule has 3 nitrogen and oxygen atoms in total. The average Bonchev–Trinajstić information content (AvgIpc) is 2.96. The second kappa shape index (κ2) is 5.64. The Morgan fingerprint density at radius 2 is 2.05 bits per heavy atom. The van der Waals surface area contributed by atoms with Gasteiger partial charge in [-0.2, -0.15) is 0 Å². The molecule has 104 valence electrons. The molecule has 0 spiro atoms. The number of ether oxygens (including phenoxy) is 1. The molecule has 0 aliphatic rings. The van der Waals surface area contributed by atoms with Crippen molar-refractivity contribution >= 4 is 16.7 Å². The van der Waals surface area contributed by atoms with Crippen LogP contribution >= 0.6 is 0 Å². The Bertz CT molecular complexity index is 811. The van der Waals surface area contributed by atoms with Crippen LogP contribution in [0.5, 0.6) is 5.75 Å². The minimum atomic E-state index is 0.589. The van der Waals surface area contributed by atoms with E-state index in [4.69, 9.17) is 15.6 Å². The van der Waals surface area contributed by atoms with Crippen LogP contribution < -0.4 is 10.1 Å². The van der Waals surface area contributed by atoms with Gasteiger partial charge >= 0.3 is 0 Å². The molecule has 1 aromatic heterocycles. The SMILES string of the molecule is C#Cc1cccc(NCc2cc3cccc(OC)c3o2)c1. The first-order valence-electron chi connectivity index (χ1n) is 6.66. The number of furan rings is 1. The molecule has 3 heteroatoms. The summed E-state index contributed by atoms with van der Waals surface area (Å²) in [5.74, 6) is 4.21. The molecule has 0 atom stereocenters. The number of hydrogen-bond donors (Lipinski definition) is 1. The average molecular weight is 277 g/mol.